The van der Waals surface area contributed by atoms with Crippen molar-refractivity contribution in [2.24, 2.45) is 0 Å². The zero-order valence-electron chi connectivity index (χ0n) is 13.1. The predicted molar refractivity (Wildman–Crippen MR) is 87.7 cm³/mol. The largest absolute Gasteiger partial charge is 0.490 e. The van der Waals surface area contributed by atoms with Crippen LogP contribution in [-0.2, 0) is 0 Å². The van der Waals surface area contributed by atoms with Gasteiger partial charge in [-0.15, -0.1) is 10.2 Å². The molecule has 0 radical (unpaired) electrons. The second-order valence-corrected chi connectivity index (χ2v) is 5.51. The molecule has 1 aromatic heterocycles. The zero-order chi connectivity index (χ0) is 17.2. The minimum atomic E-state index is -0.982. The number of ether oxygens (including phenoxy) is 2. The highest BCUT2D eigenvalue weighted by Crippen LogP contribution is 2.34. The maximum absolute atomic E-state index is 10.9. The van der Waals surface area contributed by atoms with Crippen LogP contribution < -0.4 is 9.47 Å². The van der Waals surface area contributed by atoms with Crippen molar-refractivity contribution < 1.29 is 23.8 Å². The number of hydrogen-bond donors (Lipinski definition) is 1. The molecular weight excluding hydrogens is 324 g/mol. The summed E-state index contributed by atoms with van der Waals surface area (Å²) in [5.41, 5.74) is 1.58. The average molecular weight is 338 g/mol. The van der Waals surface area contributed by atoms with Crippen molar-refractivity contribution in [1.29, 1.82) is 0 Å². The Morgan fingerprint density at radius 3 is 2.24 bits per heavy atom. The predicted octanol–water partition coefficient (Wildman–Crippen LogP) is 3.26. The maximum atomic E-state index is 10.9. The Morgan fingerprint density at radius 2 is 1.52 bits per heavy atom. The molecule has 0 fully saturated rings. The quantitative estimate of drug-likeness (QED) is 0.783. The van der Waals surface area contributed by atoms with E-state index in [-0.39, 0.29) is 5.56 Å². The average Bonchev–Trinajstić information content (AvgIpc) is 3.01. The SMILES string of the molecule is O=C(O)c1ccc(-c2nnc(-c3ccc4c(c3)OCCCO4)o2)cc1. The minimum Gasteiger partial charge on any atom is -0.490 e. The molecule has 0 unspecified atom stereocenters. The molecule has 2 heterocycles. The van der Waals surface area contributed by atoms with Gasteiger partial charge in [0.05, 0.1) is 18.8 Å². The van der Waals surface area contributed by atoms with Crippen LogP contribution in [0.3, 0.4) is 0 Å². The van der Waals surface area contributed by atoms with Crippen LogP contribution in [0.25, 0.3) is 22.9 Å². The fourth-order valence-electron chi connectivity index (χ4n) is 2.51. The molecule has 2 aromatic carbocycles. The molecule has 25 heavy (non-hydrogen) atoms. The molecule has 0 atom stereocenters. The Hall–Kier alpha value is -3.35. The van der Waals surface area contributed by atoms with Crippen LogP contribution in [0.2, 0.25) is 0 Å². The van der Waals surface area contributed by atoms with Gasteiger partial charge in [0.1, 0.15) is 0 Å². The van der Waals surface area contributed by atoms with E-state index in [9.17, 15) is 4.79 Å². The molecule has 1 N–H and O–H groups in total. The summed E-state index contributed by atoms with van der Waals surface area (Å²) in [4.78, 5) is 10.9. The third-order valence-corrected chi connectivity index (χ3v) is 3.80. The Balaban J connectivity index is 1.63. The summed E-state index contributed by atoms with van der Waals surface area (Å²) in [7, 11) is 0. The van der Waals surface area contributed by atoms with Crippen molar-refractivity contribution in [3.8, 4) is 34.4 Å². The summed E-state index contributed by atoms with van der Waals surface area (Å²) in [5.74, 6) is 1.04. The van der Waals surface area contributed by atoms with E-state index < -0.39 is 5.97 Å². The number of rotatable bonds is 3. The van der Waals surface area contributed by atoms with Gasteiger partial charge in [-0.05, 0) is 42.5 Å². The molecular formula is C18H14N2O5. The molecule has 7 heteroatoms. The number of aromatic carboxylic acids is 1. The van der Waals surface area contributed by atoms with Gasteiger partial charge in [-0.25, -0.2) is 4.79 Å². The molecule has 7 nitrogen and oxygen atoms in total. The van der Waals surface area contributed by atoms with Gasteiger partial charge in [0, 0.05) is 17.5 Å². The summed E-state index contributed by atoms with van der Waals surface area (Å²) in [6.07, 6.45) is 0.834. The molecule has 4 rings (SSSR count). The highest BCUT2D eigenvalue weighted by Gasteiger charge is 2.15. The second-order valence-electron chi connectivity index (χ2n) is 5.51. The summed E-state index contributed by atoms with van der Waals surface area (Å²) >= 11 is 0. The number of nitrogens with zero attached hydrogens (tertiary/aromatic N) is 2. The van der Waals surface area contributed by atoms with E-state index in [2.05, 4.69) is 10.2 Å². The van der Waals surface area contributed by atoms with E-state index in [0.717, 1.165) is 12.0 Å². The number of fused-ring (bicyclic) bond motifs is 1. The lowest BCUT2D eigenvalue weighted by atomic mass is 10.1. The van der Waals surface area contributed by atoms with Gasteiger partial charge >= 0.3 is 5.97 Å². The maximum Gasteiger partial charge on any atom is 0.335 e. The molecule has 0 amide bonds. The molecule has 3 aromatic rings. The second kappa shape index (κ2) is 6.27. The monoisotopic (exact) mass is 338 g/mol. The van der Waals surface area contributed by atoms with E-state index in [1.54, 1.807) is 12.1 Å². The smallest absolute Gasteiger partial charge is 0.335 e. The van der Waals surface area contributed by atoms with Gasteiger partial charge in [-0.1, -0.05) is 0 Å². The first-order valence-electron chi connectivity index (χ1n) is 7.78. The number of aromatic nitrogens is 2. The number of carboxylic acid groups (broad SMARTS) is 1. The van der Waals surface area contributed by atoms with Crippen molar-refractivity contribution in [3.05, 3.63) is 48.0 Å². The fourth-order valence-corrected chi connectivity index (χ4v) is 2.51. The van der Waals surface area contributed by atoms with Crippen LogP contribution >= 0.6 is 0 Å². The van der Waals surface area contributed by atoms with Crippen LogP contribution in [0.1, 0.15) is 16.8 Å². The normalized spacial score (nSPS) is 13.3. The molecule has 0 saturated heterocycles. The lowest BCUT2D eigenvalue weighted by Crippen LogP contribution is -1.97. The van der Waals surface area contributed by atoms with Crippen LogP contribution in [-0.4, -0.2) is 34.5 Å². The van der Waals surface area contributed by atoms with Crippen molar-refractivity contribution in [3.63, 3.8) is 0 Å². The Labute approximate surface area is 142 Å². The Bertz CT molecular complexity index is 917. The molecule has 0 bridgehead atoms. The van der Waals surface area contributed by atoms with E-state index in [1.165, 1.54) is 12.1 Å². The lowest BCUT2D eigenvalue weighted by Gasteiger charge is -2.07. The van der Waals surface area contributed by atoms with E-state index in [1.807, 2.05) is 18.2 Å². The third kappa shape index (κ3) is 3.03. The van der Waals surface area contributed by atoms with E-state index in [0.29, 0.717) is 42.1 Å². The molecule has 0 aliphatic carbocycles. The molecule has 1 aliphatic heterocycles. The first kappa shape index (κ1) is 15.2. The van der Waals surface area contributed by atoms with Crippen molar-refractivity contribution in [1.82, 2.24) is 10.2 Å². The molecule has 0 spiro atoms. The summed E-state index contributed by atoms with van der Waals surface area (Å²) < 4.78 is 17.0. The molecule has 126 valence electrons. The number of carboxylic acids is 1. The van der Waals surface area contributed by atoms with E-state index >= 15 is 0 Å². The summed E-state index contributed by atoms with van der Waals surface area (Å²) in [6.45, 7) is 1.23. The molecule has 1 aliphatic rings. The Morgan fingerprint density at radius 1 is 0.880 bits per heavy atom. The molecule has 0 saturated carbocycles. The standard InChI is InChI=1S/C18H14N2O5/c21-18(22)12-4-2-11(3-5-12)16-19-20-17(25-16)13-6-7-14-15(10-13)24-9-1-8-23-14/h2-7,10H,1,8-9H2,(H,21,22). The number of carbonyl (C=O) groups is 1. The minimum absolute atomic E-state index is 0.200. The van der Waals surface area contributed by atoms with Crippen molar-refractivity contribution >= 4 is 5.97 Å². The first-order valence-corrected chi connectivity index (χ1v) is 7.78. The van der Waals surface area contributed by atoms with Crippen LogP contribution in [0.4, 0.5) is 0 Å². The number of benzene rings is 2. The lowest BCUT2D eigenvalue weighted by molar-refractivity contribution is 0.0697. The number of hydrogen-bond acceptors (Lipinski definition) is 6. The summed E-state index contributed by atoms with van der Waals surface area (Å²) in [6, 6.07) is 11.7. The third-order valence-electron chi connectivity index (χ3n) is 3.80. The van der Waals surface area contributed by atoms with Gasteiger partial charge in [0.15, 0.2) is 11.5 Å². The highest BCUT2D eigenvalue weighted by atomic mass is 16.5. The van der Waals surface area contributed by atoms with Crippen LogP contribution in [0, 0.1) is 0 Å². The topological polar surface area (TPSA) is 94.7 Å². The summed E-state index contributed by atoms with van der Waals surface area (Å²) in [5, 5.41) is 17.0. The van der Waals surface area contributed by atoms with Crippen molar-refractivity contribution in [2.45, 2.75) is 6.42 Å². The van der Waals surface area contributed by atoms with Gasteiger partial charge in [-0.2, -0.15) is 0 Å². The van der Waals surface area contributed by atoms with Gasteiger partial charge < -0.3 is 19.0 Å². The highest BCUT2D eigenvalue weighted by molar-refractivity contribution is 5.88. The van der Waals surface area contributed by atoms with Crippen molar-refractivity contribution in [2.75, 3.05) is 13.2 Å². The first-order chi connectivity index (χ1) is 12.2. The van der Waals surface area contributed by atoms with Crippen LogP contribution in [0.15, 0.2) is 46.9 Å². The Kier molecular flexibility index (Phi) is 3.81. The van der Waals surface area contributed by atoms with Gasteiger partial charge in [0.2, 0.25) is 11.8 Å². The zero-order valence-corrected chi connectivity index (χ0v) is 13.1. The van der Waals surface area contributed by atoms with Crippen LogP contribution in [0.5, 0.6) is 11.5 Å². The van der Waals surface area contributed by atoms with Gasteiger partial charge in [0.25, 0.3) is 0 Å². The fraction of sp³-hybridized carbons (Fsp3) is 0.167. The van der Waals surface area contributed by atoms with E-state index in [4.69, 9.17) is 19.0 Å². The van der Waals surface area contributed by atoms with Gasteiger partial charge in [-0.3, -0.25) is 0 Å².